The molecule has 21 heavy (non-hydrogen) atoms. The SMILES string of the molecule is CC(C)Oc1cccc(NCC2COCCN2)c1[N+](=O)[O-]. The van der Waals surface area contributed by atoms with Gasteiger partial charge in [0.25, 0.3) is 0 Å². The van der Waals surface area contributed by atoms with Crippen LogP contribution in [0.5, 0.6) is 5.75 Å². The Morgan fingerprint density at radius 2 is 2.38 bits per heavy atom. The molecular formula is C14H21N3O4. The first kappa shape index (κ1) is 15.5. The lowest BCUT2D eigenvalue weighted by atomic mass is 10.2. The van der Waals surface area contributed by atoms with E-state index in [2.05, 4.69) is 10.6 Å². The van der Waals surface area contributed by atoms with Gasteiger partial charge in [-0.3, -0.25) is 10.1 Å². The summed E-state index contributed by atoms with van der Waals surface area (Å²) in [7, 11) is 0. The monoisotopic (exact) mass is 295 g/mol. The first-order valence-electron chi connectivity index (χ1n) is 7.07. The number of nitro benzene ring substituents is 1. The first-order valence-corrected chi connectivity index (χ1v) is 7.07. The minimum atomic E-state index is -0.412. The van der Waals surface area contributed by atoms with Gasteiger partial charge in [0.1, 0.15) is 5.69 Å². The smallest absolute Gasteiger partial charge is 0.333 e. The molecule has 0 radical (unpaired) electrons. The van der Waals surface area contributed by atoms with Crippen molar-refractivity contribution < 1.29 is 14.4 Å². The number of hydrogen-bond acceptors (Lipinski definition) is 6. The van der Waals surface area contributed by atoms with Crippen molar-refractivity contribution in [1.82, 2.24) is 5.32 Å². The maximum atomic E-state index is 11.3. The van der Waals surface area contributed by atoms with Crippen LogP contribution >= 0.6 is 0 Å². The standard InChI is InChI=1S/C14H21N3O4/c1-10(2)21-13-5-3-4-12(14(13)17(18)19)16-8-11-9-20-7-6-15-11/h3-5,10-11,15-16H,6-9H2,1-2H3. The molecule has 0 aromatic heterocycles. The summed E-state index contributed by atoms with van der Waals surface area (Å²) in [5, 5.41) is 17.7. The Morgan fingerprint density at radius 1 is 1.57 bits per heavy atom. The van der Waals surface area contributed by atoms with Gasteiger partial charge in [-0.25, -0.2) is 0 Å². The van der Waals surface area contributed by atoms with E-state index in [-0.39, 0.29) is 23.6 Å². The van der Waals surface area contributed by atoms with E-state index in [1.807, 2.05) is 13.8 Å². The summed E-state index contributed by atoms with van der Waals surface area (Å²) in [6.45, 7) is 6.34. The van der Waals surface area contributed by atoms with Gasteiger partial charge in [-0.2, -0.15) is 0 Å². The summed E-state index contributed by atoms with van der Waals surface area (Å²) in [6, 6.07) is 5.20. The minimum absolute atomic E-state index is 0.0251. The third kappa shape index (κ3) is 4.30. The molecule has 1 aromatic carbocycles. The molecule has 1 unspecified atom stereocenters. The molecule has 0 saturated carbocycles. The van der Waals surface area contributed by atoms with Crippen molar-refractivity contribution in [3.8, 4) is 5.75 Å². The van der Waals surface area contributed by atoms with E-state index in [0.717, 1.165) is 6.54 Å². The van der Waals surface area contributed by atoms with E-state index in [9.17, 15) is 10.1 Å². The van der Waals surface area contributed by atoms with Crippen LogP contribution < -0.4 is 15.4 Å². The van der Waals surface area contributed by atoms with Gasteiger partial charge >= 0.3 is 5.69 Å². The fourth-order valence-corrected chi connectivity index (χ4v) is 2.19. The molecule has 7 nitrogen and oxygen atoms in total. The van der Waals surface area contributed by atoms with Gasteiger partial charge in [0.2, 0.25) is 0 Å². The van der Waals surface area contributed by atoms with E-state index in [4.69, 9.17) is 9.47 Å². The van der Waals surface area contributed by atoms with Crippen LogP contribution in [0.4, 0.5) is 11.4 Å². The zero-order chi connectivity index (χ0) is 15.2. The third-order valence-electron chi connectivity index (χ3n) is 3.08. The van der Waals surface area contributed by atoms with Gasteiger partial charge in [0.05, 0.1) is 24.2 Å². The fraction of sp³-hybridized carbons (Fsp3) is 0.571. The van der Waals surface area contributed by atoms with Crippen molar-refractivity contribution in [2.24, 2.45) is 0 Å². The van der Waals surface area contributed by atoms with Crippen molar-refractivity contribution in [3.05, 3.63) is 28.3 Å². The van der Waals surface area contributed by atoms with Crippen molar-refractivity contribution in [2.45, 2.75) is 26.0 Å². The van der Waals surface area contributed by atoms with E-state index in [1.165, 1.54) is 0 Å². The van der Waals surface area contributed by atoms with Gasteiger partial charge in [0.15, 0.2) is 5.75 Å². The van der Waals surface area contributed by atoms with Gasteiger partial charge < -0.3 is 20.1 Å². The highest BCUT2D eigenvalue weighted by molar-refractivity contribution is 5.68. The molecule has 7 heteroatoms. The second kappa shape index (κ2) is 7.24. The number of hydrogen-bond donors (Lipinski definition) is 2. The predicted octanol–water partition coefficient (Wildman–Crippen LogP) is 1.78. The second-order valence-electron chi connectivity index (χ2n) is 5.18. The average Bonchev–Trinajstić information content (AvgIpc) is 2.45. The molecule has 1 saturated heterocycles. The Kier molecular flexibility index (Phi) is 5.35. The van der Waals surface area contributed by atoms with E-state index in [1.54, 1.807) is 18.2 Å². The maximum absolute atomic E-state index is 11.3. The van der Waals surface area contributed by atoms with Crippen LogP contribution in [0.3, 0.4) is 0 Å². The first-order chi connectivity index (χ1) is 10.1. The molecule has 1 aliphatic rings. The predicted molar refractivity (Wildman–Crippen MR) is 80.0 cm³/mol. The lowest BCUT2D eigenvalue weighted by Gasteiger charge is -2.24. The number of para-hydroxylation sites is 1. The quantitative estimate of drug-likeness (QED) is 0.614. The molecule has 2 rings (SSSR count). The highest BCUT2D eigenvalue weighted by Crippen LogP contribution is 2.35. The summed E-state index contributed by atoms with van der Waals surface area (Å²) < 4.78 is 10.9. The summed E-state index contributed by atoms with van der Waals surface area (Å²) in [5.74, 6) is 0.285. The van der Waals surface area contributed by atoms with Crippen molar-refractivity contribution in [2.75, 3.05) is 31.6 Å². The lowest BCUT2D eigenvalue weighted by Crippen LogP contribution is -2.45. The number of ether oxygens (including phenoxy) is 2. The number of nitrogens with one attached hydrogen (secondary N) is 2. The second-order valence-corrected chi connectivity index (χ2v) is 5.18. The van der Waals surface area contributed by atoms with Gasteiger partial charge in [-0.15, -0.1) is 0 Å². The Morgan fingerprint density at radius 3 is 3.00 bits per heavy atom. The topological polar surface area (TPSA) is 85.7 Å². The normalized spacial score (nSPS) is 18.5. The average molecular weight is 295 g/mol. The zero-order valence-electron chi connectivity index (χ0n) is 12.3. The van der Waals surface area contributed by atoms with Gasteiger partial charge in [-0.1, -0.05) is 6.07 Å². The van der Waals surface area contributed by atoms with E-state index in [0.29, 0.717) is 25.4 Å². The molecule has 1 atom stereocenters. The van der Waals surface area contributed by atoms with Gasteiger partial charge in [-0.05, 0) is 26.0 Å². The molecule has 0 bridgehead atoms. The minimum Gasteiger partial charge on any atom is -0.484 e. The summed E-state index contributed by atoms with van der Waals surface area (Å²) in [6.07, 6.45) is -0.118. The molecule has 0 amide bonds. The lowest BCUT2D eigenvalue weighted by molar-refractivity contribution is -0.385. The number of benzene rings is 1. The van der Waals surface area contributed by atoms with Crippen molar-refractivity contribution in [3.63, 3.8) is 0 Å². The van der Waals surface area contributed by atoms with E-state index >= 15 is 0 Å². The zero-order valence-corrected chi connectivity index (χ0v) is 12.3. The number of rotatable bonds is 6. The van der Waals surface area contributed by atoms with Crippen LogP contribution in [0.1, 0.15) is 13.8 Å². The largest absolute Gasteiger partial charge is 0.484 e. The number of anilines is 1. The van der Waals surface area contributed by atoms with Crippen LogP contribution in [0.2, 0.25) is 0 Å². The van der Waals surface area contributed by atoms with Crippen molar-refractivity contribution in [1.29, 1.82) is 0 Å². The summed E-state index contributed by atoms with van der Waals surface area (Å²) in [4.78, 5) is 10.9. The molecule has 1 fully saturated rings. The Hall–Kier alpha value is -1.86. The molecule has 0 spiro atoms. The van der Waals surface area contributed by atoms with Crippen LogP contribution in [-0.2, 0) is 4.74 Å². The molecule has 2 N–H and O–H groups in total. The Labute approximate surface area is 123 Å². The number of nitro groups is 1. The van der Waals surface area contributed by atoms with Crippen molar-refractivity contribution >= 4 is 11.4 Å². The fourth-order valence-electron chi connectivity index (χ4n) is 2.19. The molecule has 1 heterocycles. The van der Waals surface area contributed by atoms with Crippen LogP contribution in [0.15, 0.2) is 18.2 Å². The molecule has 1 aromatic rings. The molecular weight excluding hydrogens is 274 g/mol. The third-order valence-corrected chi connectivity index (χ3v) is 3.08. The summed E-state index contributed by atoms with van der Waals surface area (Å²) >= 11 is 0. The highest BCUT2D eigenvalue weighted by atomic mass is 16.6. The number of morpholine rings is 1. The number of nitrogens with zero attached hydrogens (tertiary/aromatic N) is 1. The summed E-state index contributed by atoms with van der Waals surface area (Å²) in [5.41, 5.74) is 0.438. The Bertz CT molecular complexity index is 487. The molecule has 1 aliphatic heterocycles. The highest BCUT2D eigenvalue weighted by Gasteiger charge is 2.22. The molecule has 116 valence electrons. The van der Waals surface area contributed by atoms with Crippen LogP contribution in [-0.4, -0.2) is 43.4 Å². The maximum Gasteiger partial charge on any atom is 0.333 e. The Balaban J connectivity index is 2.11. The van der Waals surface area contributed by atoms with Gasteiger partial charge in [0, 0.05) is 19.1 Å². The van der Waals surface area contributed by atoms with Crippen LogP contribution in [0, 0.1) is 10.1 Å². The molecule has 0 aliphatic carbocycles. The van der Waals surface area contributed by atoms with E-state index < -0.39 is 4.92 Å². The van der Waals surface area contributed by atoms with Crippen LogP contribution in [0.25, 0.3) is 0 Å².